The van der Waals surface area contributed by atoms with Gasteiger partial charge in [0.15, 0.2) is 5.69 Å². The Labute approximate surface area is 140 Å². The summed E-state index contributed by atoms with van der Waals surface area (Å²) < 4.78 is 9.11. The Kier molecular flexibility index (Phi) is 3.76. The van der Waals surface area contributed by atoms with E-state index in [2.05, 4.69) is 20.5 Å². The summed E-state index contributed by atoms with van der Waals surface area (Å²) in [5.41, 5.74) is 3.32. The second kappa shape index (κ2) is 5.94. The van der Waals surface area contributed by atoms with Crippen LogP contribution in [0, 0.1) is 6.92 Å². The van der Waals surface area contributed by atoms with E-state index in [0.717, 1.165) is 29.9 Å². The highest BCUT2D eigenvalue weighted by molar-refractivity contribution is 5.93. The zero-order chi connectivity index (χ0) is 16.7. The van der Waals surface area contributed by atoms with Crippen LogP contribution in [0.15, 0.2) is 24.3 Å². The standard InChI is InChI=1S/C18H22N4O2/c1-13-16(17(23)24-2)22-15-8-4-3-7-14(15)21(18(22)19-13)12-11-20-9-5-6-10-20/h3-4,7-8H,5-6,9-12H2,1-2H3. The van der Waals surface area contributed by atoms with E-state index < -0.39 is 0 Å². The second-order valence-corrected chi connectivity index (χ2v) is 6.36. The lowest BCUT2D eigenvalue weighted by Gasteiger charge is -2.15. The number of hydrogen-bond donors (Lipinski definition) is 0. The van der Waals surface area contributed by atoms with Gasteiger partial charge in [-0.2, -0.15) is 0 Å². The lowest BCUT2D eigenvalue weighted by molar-refractivity contribution is 0.0592. The van der Waals surface area contributed by atoms with Crippen molar-refractivity contribution >= 4 is 22.8 Å². The van der Waals surface area contributed by atoms with Crippen LogP contribution < -0.4 is 0 Å². The molecule has 6 heteroatoms. The highest BCUT2D eigenvalue weighted by atomic mass is 16.5. The molecular weight excluding hydrogens is 304 g/mol. The SMILES string of the molecule is COC(=O)c1c(C)nc2n(CCN3CCCC3)c3ccccc3n12. The van der Waals surface area contributed by atoms with E-state index in [1.54, 1.807) is 0 Å². The van der Waals surface area contributed by atoms with Gasteiger partial charge in [0, 0.05) is 13.1 Å². The fourth-order valence-electron chi connectivity index (χ4n) is 3.72. The number of carbonyl (C=O) groups is 1. The van der Waals surface area contributed by atoms with Gasteiger partial charge in [-0.15, -0.1) is 0 Å². The van der Waals surface area contributed by atoms with Crippen LogP contribution >= 0.6 is 0 Å². The zero-order valence-corrected chi connectivity index (χ0v) is 14.2. The predicted molar refractivity (Wildman–Crippen MR) is 92.4 cm³/mol. The van der Waals surface area contributed by atoms with Crippen LogP contribution in [0.5, 0.6) is 0 Å². The summed E-state index contributed by atoms with van der Waals surface area (Å²) in [6.07, 6.45) is 2.58. The third-order valence-corrected chi connectivity index (χ3v) is 4.91. The molecule has 0 saturated carbocycles. The second-order valence-electron chi connectivity index (χ2n) is 6.36. The number of aryl methyl sites for hydroxylation is 1. The van der Waals surface area contributed by atoms with Crippen molar-refractivity contribution in [3.63, 3.8) is 0 Å². The van der Waals surface area contributed by atoms with Gasteiger partial charge >= 0.3 is 5.97 Å². The van der Waals surface area contributed by atoms with Crippen LogP contribution in [-0.4, -0.2) is 51.6 Å². The number of imidazole rings is 2. The zero-order valence-electron chi connectivity index (χ0n) is 14.2. The Balaban J connectivity index is 1.86. The van der Waals surface area contributed by atoms with Crippen molar-refractivity contribution in [3.05, 3.63) is 35.7 Å². The smallest absolute Gasteiger partial charge is 0.357 e. The summed E-state index contributed by atoms with van der Waals surface area (Å²) >= 11 is 0. The molecule has 0 N–H and O–H groups in total. The normalized spacial score (nSPS) is 15.6. The van der Waals surface area contributed by atoms with E-state index in [1.165, 1.54) is 33.0 Å². The average molecular weight is 326 g/mol. The minimum absolute atomic E-state index is 0.345. The number of esters is 1. The van der Waals surface area contributed by atoms with E-state index in [-0.39, 0.29) is 5.97 Å². The Morgan fingerprint density at radius 2 is 1.88 bits per heavy atom. The van der Waals surface area contributed by atoms with Gasteiger partial charge in [-0.05, 0) is 45.0 Å². The first-order chi connectivity index (χ1) is 11.7. The van der Waals surface area contributed by atoms with Crippen LogP contribution in [0.25, 0.3) is 16.8 Å². The van der Waals surface area contributed by atoms with Crippen molar-refractivity contribution in [2.24, 2.45) is 0 Å². The van der Waals surface area contributed by atoms with E-state index in [1.807, 2.05) is 29.5 Å². The molecule has 1 aliphatic heterocycles. The lowest BCUT2D eigenvalue weighted by Crippen LogP contribution is -2.24. The fraction of sp³-hybridized carbons (Fsp3) is 0.444. The van der Waals surface area contributed by atoms with E-state index in [9.17, 15) is 4.79 Å². The molecule has 1 fully saturated rings. The summed E-state index contributed by atoms with van der Waals surface area (Å²) in [5, 5.41) is 0. The van der Waals surface area contributed by atoms with Crippen LogP contribution in [0.2, 0.25) is 0 Å². The molecule has 24 heavy (non-hydrogen) atoms. The quantitative estimate of drug-likeness (QED) is 0.691. The molecule has 3 heterocycles. The van der Waals surface area contributed by atoms with Crippen molar-refractivity contribution in [1.82, 2.24) is 18.9 Å². The number of carbonyl (C=O) groups excluding carboxylic acids is 1. The monoisotopic (exact) mass is 326 g/mol. The molecule has 1 saturated heterocycles. The lowest BCUT2D eigenvalue weighted by atomic mass is 10.3. The number of fused-ring (bicyclic) bond motifs is 3. The molecule has 3 aromatic rings. The molecule has 2 aromatic heterocycles. The van der Waals surface area contributed by atoms with Gasteiger partial charge in [0.05, 0.1) is 23.8 Å². The first kappa shape index (κ1) is 15.2. The number of benzene rings is 1. The van der Waals surface area contributed by atoms with Crippen molar-refractivity contribution in [1.29, 1.82) is 0 Å². The van der Waals surface area contributed by atoms with Crippen LogP contribution in [0.1, 0.15) is 29.0 Å². The van der Waals surface area contributed by atoms with Gasteiger partial charge in [-0.3, -0.25) is 4.40 Å². The number of para-hydroxylation sites is 2. The van der Waals surface area contributed by atoms with E-state index >= 15 is 0 Å². The van der Waals surface area contributed by atoms with Gasteiger partial charge in [0.25, 0.3) is 0 Å². The van der Waals surface area contributed by atoms with Crippen molar-refractivity contribution in [3.8, 4) is 0 Å². The topological polar surface area (TPSA) is 51.8 Å². The van der Waals surface area contributed by atoms with Crippen LogP contribution in [-0.2, 0) is 11.3 Å². The summed E-state index contributed by atoms with van der Waals surface area (Å²) in [7, 11) is 1.41. The molecule has 6 nitrogen and oxygen atoms in total. The molecule has 0 bridgehead atoms. The van der Waals surface area contributed by atoms with Crippen LogP contribution in [0.4, 0.5) is 0 Å². The van der Waals surface area contributed by atoms with Gasteiger partial charge in [0.2, 0.25) is 5.78 Å². The maximum atomic E-state index is 12.2. The molecule has 0 spiro atoms. The minimum atomic E-state index is -0.345. The third kappa shape index (κ3) is 2.29. The largest absolute Gasteiger partial charge is 0.464 e. The molecule has 0 unspecified atom stereocenters. The number of aromatic nitrogens is 3. The molecular formula is C18H22N4O2. The minimum Gasteiger partial charge on any atom is -0.464 e. The van der Waals surface area contributed by atoms with Gasteiger partial charge in [0.1, 0.15) is 0 Å². The average Bonchev–Trinajstić information content (AvgIpc) is 3.28. The highest BCUT2D eigenvalue weighted by Crippen LogP contribution is 2.25. The number of methoxy groups -OCH3 is 1. The first-order valence-electron chi connectivity index (χ1n) is 8.47. The Hall–Kier alpha value is -2.34. The number of likely N-dealkylation sites (tertiary alicyclic amines) is 1. The van der Waals surface area contributed by atoms with E-state index in [4.69, 9.17) is 4.74 Å². The van der Waals surface area contributed by atoms with Crippen molar-refractivity contribution in [2.75, 3.05) is 26.7 Å². The molecule has 0 amide bonds. The fourth-order valence-corrected chi connectivity index (χ4v) is 3.72. The Bertz CT molecular complexity index is 903. The van der Waals surface area contributed by atoms with Crippen LogP contribution in [0.3, 0.4) is 0 Å². The van der Waals surface area contributed by atoms with Crippen molar-refractivity contribution < 1.29 is 9.53 Å². The number of rotatable bonds is 4. The third-order valence-electron chi connectivity index (χ3n) is 4.91. The summed E-state index contributed by atoms with van der Waals surface area (Å²) in [5.74, 6) is 0.468. The molecule has 126 valence electrons. The predicted octanol–water partition coefficient (Wildman–Crippen LogP) is 2.48. The van der Waals surface area contributed by atoms with E-state index in [0.29, 0.717) is 11.4 Å². The molecule has 0 radical (unpaired) electrons. The number of hydrogen-bond acceptors (Lipinski definition) is 4. The molecule has 4 rings (SSSR count). The summed E-state index contributed by atoms with van der Waals surface area (Å²) in [6.45, 7) is 6.09. The first-order valence-corrected chi connectivity index (χ1v) is 8.47. The van der Waals surface area contributed by atoms with Crippen molar-refractivity contribution in [2.45, 2.75) is 26.3 Å². The summed E-state index contributed by atoms with van der Waals surface area (Å²) in [4.78, 5) is 19.4. The highest BCUT2D eigenvalue weighted by Gasteiger charge is 2.23. The Morgan fingerprint density at radius 1 is 1.17 bits per heavy atom. The number of ether oxygens (including phenoxy) is 1. The van der Waals surface area contributed by atoms with Gasteiger partial charge < -0.3 is 14.2 Å². The maximum Gasteiger partial charge on any atom is 0.357 e. The molecule has 1 aliphatic rings. The molecule has 0 aliphatic carbocycles. The molecule has 1 aromatic carbocycles. The maximum absolute atomic E-state index is 12.2. The number of nitrogens with zero attached hydrogens (tertiary/aromatic N) is 4. The Morgan fingerprint density at radius 3 is 2.58 bits per heavy atom. The summed E-state index contributed by atoms with van der Waals surface area (Å²) in [6, 6.07) is 8.13. The van der Waals surface area contributed by atoms with Gasteiger partial charge in [-0.1, -0.05) is 12.1 Å². The molecule has 0 atom stereocenters. The van der Waals surface area contributed by atoms with Gasteiger partial charge in [-0.25, -0.2) is 9.78 Å².